The molecule has 0 unspecified atom stereocenters. The van der Waals surface area contributed by atoms with Crippen LogP contribution in [0, 0.1) is 12.3 Å². The van der Waals surface area contributed by atoms with Gasteiger partial charge in [-0.1, -0.05) is 54.1 Å². The number of para-hydroxylation sites is 2. The molecule has 3 heterocycles. The normalized spacial score (nSPS) is 25.3. The largest absolute Gasteiger partial charge is 0.497 e. The van der Waals surface area contributed by atoms with Crippen LogP contribution in [0.25, 0.3) is 0 Å². The van der Waals surface area contributed by atoms with E-state index in [1.165, 1.54) is 7.11 Å². The lowest BCUT2D eigenvalue weighted by atomic mass is 9.67. The van der Waals surface area contributed by atoms with Gasteiger partial charge in [-0.25, -0.2) is 5.06 Å². The molecule has 7 rings (SSSR count). The number of ether oxygens (including phenoxy) is 4. The molecule has 0 saturated carbocycles. The zero-order chi connectivity index (χ0) is 30.4. The highest BCUT2D eigenvalue weighted by atomic mass is 16.7. The van der Waals surface area contributed by atoms with Gasteiger partial charge in [0.25, 0.3) is 5.91 Å². The smallest absolute Gasteiger partial charge is 0.320 e. The molecule has 224 valence electrons. The average Bonchev–Trinajstić information content (AvgIpc) is 3.42. The number of esters is 1. The molecule has 3 aliphatic rings. The number of β-lactam (4-membered cyclic amide) rings is 1. The van der Waals surface area contributed by atoms with E-state index in [-0.39, 0.29) is 12.5 Å². The summed E-state index contributed by atoms with van der Waals surface area (Å²) in [5.74, 6) is 1.11. The van der Waals surface area contributed by atoms with E-state index in [1.807, 2.05) is 85.8 Å². The number of hydrogen-bond acceptors (Lipinski definition) is 8. The molecule has 5 atom stereocenters. The maximum absolute atomic E-state index is 14.2. The second-order valence-corrected chi connectivity index (χ2v) is 11.2. The van der Waals surface area contributed by atoms with Crippen LogP contribution < -0.4 is 24.2 Å². The number of rotatable bonds is 7. The van der Waals surface area contributed by atoms with Gasteiger partial charge in [-0.2, -0.15) is 0 Å². The average molecular weight is 593 g/mol. The highest BCUT2D eigenvalue weighted by Gasteiger charge is 2.72. The van der Waals surface area contributed by atoms with Gasteiger partial charge in [-0.05, 0) is 61.5 Å². The number of anilines is 2. The van der Waals surface area contributed by atoms with Crippen molar-refractivity contribution in [3.63, 3.8) is 0 Å². The molecule has 0 aliphatic carbocycles. The second kappa shape index (κ2) is 10.9. The van der Waals surface area contributed by atoms with E-state index >= 15 is 0 Å². The predicted molar refractivity (Wildman–Crippen MR) is 163 cm³/mol. The van der Waals surface area contributed by atoms with Crippen molar-refractivity contribution in [1.82, 2.24) is 0 Å². The number of aryl methyl sites for hydroxylation is 1. The van der Waals surface area contributed by atoms with Crippen molar-refractivity contribution in [2.75, 3.05) is 30.8 Å². The van der Waals surface area contributed by atoms with Crippen LogP contribution in [0.2, 0.25) is 0 Å². The molecule has 0 radical (unpaired) electrons. The molecule has 2 fully saturated rings. The summed E-state index contributed by atoms with van der Waals surface area (Å²) in [5, 5.41) is 1.77. The number of hydroxylamine groups is 1. The summed E-state index contributed by atoms with van der Waals surface area (Å²) < 4.78 is 23.6. The summed E-state index contributed by atoms with van der Waals surface area (Å²) in [5.41, 5.74) is 1.83. The fourth-order valence-corrected chi connectivity index (χ4v) is 6.63. The molecule has 0 bridgehead atoms. The van der Waals surface area contributed by atoms with E-state index in [0.717, 1.165) is 16.8 Å². The van der Waals surface area contributed by atoms with Crippen LogP contribution >= 0.6 is 0 Å². The van der Waals surface area contributed by atoms with Crippen molar-refractivity contribution in [2.24, 2.45) is 5.41 Å². The third kappa shape index (κ3) is 4.26. The first kappa shape index (κ1) is 27.8. The molecular weight excluding hydrogens is 560 g/mol. The van der Waals surface area contributed by atoms with Gasteiger partial charge < -0.3 is 18.9 Å². The molecular formula is C35H32N2O7. The van der Waals surface area contributed by atoms with Crippen LogP contribution in [0.1, 0.15) is 17.2 Å². The van der Waals surface area contributed by atoms with Crippen LogP contribution in [0.15, 0.2) is 103 Å². The first-order valence-electron chi connectivity index (χ1n) is 14.5. The number of hydrogen-bond donors (Lipinski definition) is 0. The molecule has 44 heavy (non-hydrogen) atoms. The molecule has 4 aromatic carbocycles. The molecule has 9 heteroatoms. The number of benzene rings is 4. The van der Waals surface area contributed by atoms with E-state index in [9.17, 15) is 9.59 Å². The van der Waals surface area contributed by atoms with Gasteiger partial charge in [0.05, 0.1) is 19.9 Å². The number of carbonyl (C=O) groups excluding carboxylic acids is 2. The van der Waals surface area contributed by atoms with Crippen molar-refractivity contribution in [1.29, 1.82) is 0 Å². The van der Waals surface area contributed by atoms with Crippen LogP contribution in [0.4, 0.5) is 11.4 Å². The second-order valence-electron chi connectivity index (χ2n) is 11.2. The number of carbonyl (C=O) groups is 2. The molecule has 3 aliphatic heterocycles. The maximum atomic E-state index is 14.2. The lowest BCUT2D eigenvalue weighted by molar-refractivity contribution is -0.167. The quantitative estimate of drug-likeness (QED) is 0.212. The van der Waals surface area contributed by atoms with Crippen LogP contribution in [-0.4, -0.2) is 51.0 Å². The Hall–Kier alpha value is -5.02. The van der Waals surface area contributed by atoms with Crippen LogP contribution in [-0.2, 0) is 19.2 Å². The Balaban J connectivity index is 1.40. The molecule has 9 nitrogen and oxygen atoms in total. The first-order chi connectivity index (χ1) is 21.5. The Bertz CT molecular complexity index is 1680. The minimum atomic E-state index is -1.36. The zero-order valence-electron chi connectivity index (χ0n) is 24.6. The van der Waals surface area contributed by atoms with Gasteiger partial charge in [0.2, 0.25) is 6.10 Å². The van der Waals surface area contributed by atoms with E-state index in [4.69, 9.17) is 23.8 Å². The minimum absolute atomic E-state index is 0.0202. The molecule has 4 aromatic rings. The Morgan fingerprint density at radius 2 is 1.57 bits per heavy atom. The topological polar surface area (TPSA) is 86.8 Å². The number of fused-ring (bicyclic) bond motifs is 3. The highest BCUT2D eigenvalue weighted by molar-refractivity contribution is 6.06. The Labute approximate surface area is 255 Å². The van der Waals surface area contributed by atoms with Crippen LogP contribution in [0.3, 0.4) is 0 Å². The molecule has 2 saturated heterocycles. The van der Waals surface area contributed by atoms with Crippen molar-refractivity contribution < 1.29 is 33.4 Å². The van der Waals surface area contributed by atoms with Gasteiger partial charge in [-0.15, -0.1) is 0 Å². The summed E-state index contributed by atoms with van der Waals surface area (Å²) in [6.45, 7) is 1.97. The Morgan fingerprint density at radius 1 is 0.864 bits per heavy atom. The molecule has 1 amide bonds. The van der Waals surface area contributed by atoms with Crippen molar-refractivity contribution in [2.45, 2.75) is 31.2 Å². The summed E-state index contributed by atoms with van der Waals surface area (Å²) in [6.07, 6.45) is -1.86. The minimum Gasteiger partial charge on any atom is -0.497 e. The van der Waals surface area contributed by atoms with Crippen LogP contribution in [0.5, 0.6) is 17.2 Å². The zero-order valence-corrected chi connectivity index (χ0v) is 24.6. The van der Waals surface area contributed by atoms with Gasteiger partial charge in [0.1, 0.15) is 42.0 Å². The fraction of sp³-hybridized carbons (Fsp3) is 0.257. The third-order valence-corrected chi connectivity index (χ3v) is 8.72. The lowest BCUT2D eigenvalue weighted by Gasteiger charge is -2.51. The van der Waals surface area contributed by atoms with Gasteiger partial charge in [0.15, 0.2) is 5.41 Å². The summed E-state index contributed by atoms with van der Waals surface area (Å²) in [6, 6.07) is 30.6. The number of amides is 1. The lowest BCUT2D eigenvalue weighted by Crippen LogP contribution is -2.74. The number of nitrogens with zero attached hydrogens (tertiary/aromatic N) is 2. The van der Waals surface area contributed by atoms with Crippen molar-refractivity contribution >= 4 is 23.3 Å². The standard InChI is InChI=1S/C35H32N2O7/c1-22-14-19-28-27(20-22)31-35(21-42-28,34(39)41-3)32(44-37(31)24-10-6-4-7-11-24)29-30(43-26-12-8-5-9-13-26)33(38)36(29)23-15-17-25(40-2)18-16-23/h4-20,29-32H,21H2,1-3H3/t29-,30+,31+,32+,35+/m1/s1. The highest BCUT2D eigenvalue weighted by Crippen LogP contribution is 2.59. The van der Waals surface area contributed by atoms with E-state index in [0.29, 0.717) is 22.9 Å². The van der Waals surface area contributed by atoms with Gasteiger partial charge in [0, 0.05) is 11.3 Å². The first-order valence-corrected chi connectivity index (χ1v) is 14.5. The number of methoxy groups -OCH3 is 2. The van der Waals surface area contributed by atoms with E-state index < -0.39 is 35.7 Å². The summed E-state index contributed by atoms with van der Waals surface area (Å²) in [7, 11) is 2.96. The third-order valence-electron chi connectivity index (χ3n) is 8.72. The monoisotopic (exact) mass is 592 g/mol. The molecule has 0 spiro atoms. The summed E-state index contributed by atoms with van der Waals surface area (Å²) >= 11 is 0. The van der Waals surface area contributed by atoms with E-state index in [2.05, 4.69) is 0 Å². The predicted octanol–water partition coefficient (Wildman–Crippen LogP) is 5.28. The van der Waals surface area contributed by atoms with Crippen molar-refractivity contribution in [3.8, 4) is 17.2 Å². The van der Waals surface area contributed by atoms with Gasteiger partial charge in [-0.3, -0.25) is 19.3 Å². The fourth-order valence-electron chi connectivity index (χ4n) is 6.63. The maximum Gasteiger partial charge on any atom is 0.320 e. The molecule has 0 N–H and O–H groups in total. The van der Waals surface area contributed by atoms with Crippen molar-refractivity contribution in [3.05, 3.63) is 114 Å². The molecule has 0 aromatic heterocycles. The van der Waals surface area contributed by atoms with Gasteiger partial charge >= 0.3 is 5.97 Å². The Morgan fingerprint density at radius 3 is 2.25 bits per heavy atom. The van der Waals surface area contributed by atoms with E-state index in [1.54, 1.807) is 41.3 Å². The summed E-state index contributed by atoms with van der Waals surface area (Å²) in [4.78, 5) is 36.7. The SMILES string of the molecule is COC(=O)[C@@]12COc3ccc(C)cc3[C@@H]1N(c1ccccc1)O[C@H]2[C@H]1[C@H](Oc2ccccc2)C(=O)N1c1ccc(OC)cc1. The Kier molecular flexibility index (Phi) is 6.89.